The van der Waals surface area contributed by atoms with Gasteiger partial charge >= 0.3 is 6.18 Å². The van der Waals surface area contributed by atoms with E-state index in [9.17, 15) is 21.6 Å². The van der Waals surface area contributed by atoms with Crippen molar-refractivity contribution in [1.29, 1.82) is 0 Å². The molecule has 1 fully saturated rings. The molecule has 1 rings (SSSR count). The smallest absolute Gasteiger partial charge is 0.317 e. The molecule has 0 aromatic rings. The second kappa shape index (κ2) is 7.82. The van der Waals surface area contributed by atoms with Gasteiger partial charge in [-0.05, 0) is 37.8 Å². The topological polar surface area (TPSA) is 58.2 Å². The fraction of sp³-hybridized carbons (Fsp3) is 1.00. The van der Waals surface area contributed by atoms with Crippen molar-refractivity contribution >= 4 is 22.4 Å². The highest BCUT2D eigenvalue weighted by Gasteiger charge is 2.30. The molecule has 2 N–H and O–H groups in total. The van der Waals surface area contributed by atoms with Gasteiger partial charge in [0.15, 0.2) is 0 Å². The van der Waals surface area contributed by atoms with Gasteiger partial charge in [-0.1, -0.05) is 6.92 Å². The maximum atomic E-state index is 11.9. The Morgan fingerprint density at radius 2 is 1.80 bits per heavy atom. The van der Waals surface area contributed by atoms with Gasteiger partial charge in [0, 0.05) is 13.0 Å². The minimum absolute atomic E-state index is 0. The van der Waals surface area contributed by atoms with Crippen LogP contribution in [0, 0.1) is 5.41 Å². The third-order valence-corrected chi connectivity index (χ3v) is 4.81. The van der Waals surface area contributed by atoms with E-state index in [1.165, 1.54) is 0 Å². The Kier molecular flexibility index (Phi) is 7.80. The summed E-state index contributed by atoms with van der Waals surface area (Å²) in [6.45, 7) is 3.97. The van der Waals surface area contributed by atoms with Crippen LogP contribution in [0.5, 0.6) is 0 Å². The number of nitrogens with one attached hydrogen (secondary N) is 2. The highest BCUT2D eigenvalue weighted by atomic mass is 35.5. The number of sulfonamides is 1. The van der Waals surface area contributed by atoms with Crippen molar-refractivity contribution in [2.75, 3.05) is 25.4 Å². The van der Waals surface area contributed by atoms with E-state index in [0.717, 1.165) is 25.9 Å². The zero-order valence-electron chi connectivity index (χ0n) is 11.4. The molecule has 0 saturated carbocycles. The van der Waals surface area contributed by atoms with Crippen molar-refractivity contribution < 1.29 is 21.6 Å². The average Bonchev–Trinajstić information content (AvgIpc) is 2.26. The number of hydrogen-bond acceptors (Lipinski definition) is 3. The van der Waals surface area contributed by atoms with Crippen molar-refractivity contribution in [2.24, 2.45) is 5.41 Å². The highest BCUT2D eigenvalue weighted by Crippen LogP contribution is 2.27. The summed E-state index contributed by atoms with van der Waals surface area (Å²) in [7, 11) is -3.61. The Labute approximate surface area is 124 Å². The van der Waals surface area contributed by atoms with Crippen LogP contribution in [0.2, 0.25) is 0 Å². The predicted molar refractivity (Wildman–Crippen MR) is 74.5 cm³/mol. The molecule has 0 bridgehead atoms. The van der Waals surface area contributed by atoms with E-state index < -0.39 is 34.8 Å². The van der Waals surface area contributed by atoms with Gasteiger partial charge < -0.3 is 5.32 Å². The summed E-state index contributed by atoms with van der Waals surface area (Å²) in [6.07, 6.45) is -4.03. The lowest BCUT2D eigenvalue weighted by Crippen LogP contribution is -2.43. The van der Waals surface area contributed by atoms with Crippen LogP contribution in [0.25, 0.3) is 0 Å². The fourth-order valence-corrected chi connectivity index (χ4v) is 3.26. The molecule has 0 radical (unpaired) electrons. The van der Waals surface area contributed by atoms with Crippen LogP contribution in [-0.4, -0.2) is 40.0 Å². The molecule has 0 spiro atoms. The standard InChI is InChI=1S/C11H21F3N2O2S.ClH/c1-10(4-6-15-7-5-10)9-16-19(17,18)8-2-3-11(12,13)14;/h15-16H,2-9H2,1H3;1H. The van der Waals surface area contributed by atoms with Gasteiger partial charge in [0.05, 0.1) is 5.75 Å². The van der Waals surface area contributed by atoms with Crippen LogP contribution in [0.4, 0.5) is 13.2 Å². The summed E-state index contributed by atoms with van der Waals surface area (Å²) < 4.78 is 61.5. The minimum atomic E-state index is -4.30. The number of rotatable bonds is 6. The summed E-state index contributed by atoms with van der Waals surface area (Å²) in [5.41, 5.74) is -0.109. The molecule has 122 valence electrons. The Morgan fingerprint density at radius 3 is 2.30 bits per heavy atom. The van der Waals surface area contributed by atoms with Gasteiger partial charge in [-0.3, -0.25) is 0 Å². The summed E-state index contributed by atoms with van der Waals surface area (Å²) in [4.78, 5) is 0. The second-order valence-corrected chi connectivity index (χ2v) is 7.35. The van der Waals surface area contributed by atoms with Crippen LogP contribution in [-0.2, 0) is 10.0 Å². The van der Waals surface area contributed by atoms with E-state index in [1.807, 2.05) is 6.92 Å². The maximum absolute atomic E-state index is 11.9. The summed E-state index contributed by atoms with van der Waals surface area (Å²) in [5, 5.41) is 3.19. The van der Waals surface area contributed by atoms with Crippen molar-refractivity contribution in [3.8, 4) is 0 Å². The number of piperidine rings is 1. The third kappa shape index (κ3) is 8.28. The minimum Gasteiger partial charge on any atom is -0.317 e. The van der Waals surface area contributed by atoms with Crippen LogP contribution in [0.1, 0.15) is 32.6 Å². The van der Waals surface area contributed by atoms with E-state index in [-0.39, 0.29) is 17.8 Å². The molecule has 0 unspecified atom stereocenters. The SMILES string of the molecule is CC1(CNS(=O)(=O)CCCC(F)(F)F)CCNCC1.Cl. The van der Waals surface area contributed by atoms with Crippen molar-refractivity contribution in [3.05, 3.63) is 0 Å². The number of alkyl halides is 3. The molecule has 1 heterocycles. The molecule has 1 aliphatic heterocycles. The van der Waals surface area contributed by atoms with Gasteiger partial charge in [0.1, 0.15) is 0 Å². The quantitative estimate of drug-likeness (QED) is 0.779. The molecular weight excluding hydrogens is 317 g/mol. The van der Waals surface area contributed by atoms with Crippen molar-refractivity contribution in [2.45, 2.75) is 38.8 Å². The van der Waals surface area contributed by atoms with Gasteiger partial charge in [0.25, 0.3) is 0 Å². The van der Waals surface area contributed by atoms with Crippen LogP contribution in [0.3, 0.4) is 0 Å². The normalized spacial score (nSPS) is 19.4. The Morgan fingerprint density at radius 1 is 1.25 bits per heavy atom. The van der Waals surface area contributed by atoms with E-state index in [4.69, 9.17) is 0 Å². The Hall–Kier alpha value is -0.0500. The zero-order chi connectivity index (χ0) is 14.6. The van der Waals surface area contributed by atoms with Crippen LogP contribution in [0.15, 0.2) is 0 Å². The lowest BCUT2D eigenvalue weighted by molar-refractivity contribution is -0.134. The largest absolute Gasteiger partial charge is 0.389 e. The molecule has 9 heteroatoms. The number of halogens is 4. The Balaban J connectivity index is 0.00000361. The van der Waals surface area contributed by atoms with E-state index in [2.05, 4.69) is 10.0 Å². The van der Waals surface area contributed by atoms with E-state index in [1.54, 1.807) is 0 Å². The maximum Gasteiger partial charge on any atom is 0.389 e. The molecule has 0 aromatic carbocycles. The second-order valence-electron chi connectivity index (χ2n) is 5.42. The first kappa shape index (κ1) is 19.9. The average molecular weight is 339 g/mol. The van der Waals surface area contributed by atoms with Gasteiger partial charge in [-0.15, -0.1) is 12.4 Å². The van der Waals surface area contributed by atoms with Crippen molar-refractivity contribution in [1.82, 2.24) is 10.0 Å². The van der Waals surface area contributed by atoms with Gasteiger partial charge in [-0.25, -0.2) is 13.1 Å². The molecule has 4 nitrogen and oxygen atoms in total. The van der Waals surface area contributed by atoms with Crippen LogP contribution < -0.4 is 10.0 Å². The lowest BCUT2D eigenvalue weighted by Gasteiger charge is -2.34. The summed E-state index contributed by atoms with van der Waals surface area (Å²) in [5.74, 6) is -0.471. The zero-order valence-corrected chi connectivity index (χ0v) is 13.1. The molecular formula is C11H22ClF3N2O2S. The molecule has 1 aliphatic rings. The molecule has 0 aromatic heterocycles. The van der Waals surface area contributed by atoms with Crippen molar-refractivity contribution in [3.63, 3.8) is 0 Å². The Bertz CT molecular complexity index is 382. The fourth-order valence-electron chi connectivity index (χ4n) is 2.03. The first-order valence-corrected chi connectivity index (χ1v) is 8.02. The summed E-state index contributed by atoms with van der Waals surface area (Å²) >= 11 is 0. The van der Waals surface area contributed by atoms with E-state index >= 15 is 0 Å². The molecule has 20 heavy (non-hydrogen) atoms. The molecule has 0 aliphatic carbocycles. The first-order chi connectivity index (χ1) is 8.62. The highest BCUT2D eigenvalue weighted by molar-refractivity contribution is 7.89. The first-order valence-electron chi connectivity index (χ1n) is 6.37. The molecule has 0 amide bonds. The van der Waals surface area contributed by atoms with Gasteiger partial charge in [-0.2, -0.15) is 13.2 Å². The lowest BCUT2D eigenvalue weighted by atomic mass is 9.81. The molecule has 0 atom stereocenters. The van der Waals surface area contributed by atoms with E-state index in [0.29, 0.717) is 6.54 Å². The monoisotopic (exact) mass is 338 g/mol. The van der Waals surface area contributed by atoms with Crippen LogP contribution >= 0.6 is 12.4 Å². The predicted octanol–water partition coefficient (Wildman–Crippen LogP) is 2.06. The molecule has 1 saturated heterocycles. The summed E-state index contributed by atoms with van der Waals surface area (Å²) in [6, 6.07) is 0. The third-order valence-electron chi connectivity index (χ3n) is 3.40. The van der Waals surface area contributed by atoms with Gasteiger partial charge in [0.2, 0.25) is 10.0 Å². The number of hydrogen-bond donors (Lipinski definition) is 2.